The molecule has 1 N–H and O–H groups in total. The molecule has 0 atom stereocenters. The summed E-state index contributed by atoms with van der Waals surface area (Å²) in [5, 5.41) is 6.28. The van der Waals surface area contributed by atoms with Gasteiger partial charge in [0, 0.05) is 50.9 Å². The van der Waals surface area contributed by atoms with Crippen LogP contribution in [0.25, 0.3) is 38.6 Å². The Hall–Kier alpha value is -3.31. The molecule has 146 valence electrons. The fraction of sp³-hybridized carbons (Fsp3) is 0.130. The summed E-state index contributed by atoms with van der Waals surface area (Å²) in [6.45, 7) is 7.20. The van der Waals surface area contributed by atoms with Crippen LogP contribution in [0.5, 0.6) is 5.75 Å². The Morgan fingerprint density at radius 2 is 1.86 bits per heavy atom. The van der Waals surface area contributed by atoms with E-state index in [0.717, 1.165) is 49.9 Å². The molecule has 5 nitrogen and oxygen atoms in total. The van der Waals surface area contributed by atoms with Gasteiger partial charge in [-0.15, -0.1) is 0 Å². The van der Waals surface area contributed by atoms with E-state index in [1.54, 1.807) is 13.3 Å². The number of ether oxygens (including phenoxy) is 1. The smallest absolute Gasteiger partial charge is 0.135 e. The third-order valence-corrected chi connectivity index (χ3v) is 5.33. The number of H-pyrrole nitrogens is 1. The number of aromatic amines is 1. The first-order valence-electron chi connectivity index (χ1n) is 9.08. The van der Waals surface area contributed by atoms with Gasteiger partial charge in [-0.2, -0.15) is 0 Å². The second kappa shape index (κ2) is 7.60. The minimum absolute atomic E-state index is 0.664. The molecule has 6 heteroatoms. The highest BCUT2D eigenvalue weighted by molar-refractivity contribution is 6.30. The zero-order valence-electron chi connectivity index (χ0n) is 16.4. The number of hydrogen-bond donors (Lipinski definition) is 1. The third-order valence-electron chi connectivity index (χ3n) is 5.08. The van der Waals surface area contributed by atoms with E-state index in [1.807, 2.05) is 50.2 Å². The molecule has 0 radical (unpaired) electrons. The van der Waals surface area contributed by atoms with Crippen LogP contribution in [0, 0.1) is 0 Å². The van der Waals surface area contributed by atoms with Crippen LogP contribution in [0.3, 0.4) is 0 Å². The Morgan fingerprint density at radius 1 is 1.10 bits per heavy atom. The van der Waals surface area contributed by atoms with Gasteiger partial charge in [0.25, 0.3) is 0 Å². The van der Waals surface area contributed by atoms with Crippen LogP contribution in [-0.2, 0) is 4.84 Å². The number of methoxy groups -OCH3 is 1. The lowest BCUT2D eigenvalue weighted by Crippen LogP contribution is -1.93. The van der Waals surface area contributed by atoms with Crippen LogP contribution in [0.2, 0.25) is 5.02 Å². The van der Waals surface area contributed by atoms with Crippen molar-refractivity contribution >= 4 is 45.7 Å². The van der Waals surface area contributed by atoms with Crippen molar-refractivity contribution in [1.29, 1.82) is 0 Å². The minimum Gasteiger partial charge on any atom is -0.496 e. The number of oxime groups is 1. The van der Waals surface area contributed by atoms with E-state index in [4.69, 9.17) is 21.2 Å². The number of nitrogens with zero attached hydrogens (tertiary/aromatic N) is 2. The van der Waals surface area contributed by atoms with E-state index in [-0.39, 0.29) is 0 Å². The van der Waals surface area contributed by atoms with E-state index in [1.165, 1.54) is 0 Å². The minimum atomic E-state index is 0.664. The molecule has 0 aliphatic carbocycles. The van der Waals surface area contributed by atoms with E-state index >= 15 is 0 Å². The van der Waals surface area contributed by atoms with Crippen LogP contribution in [0.1, 0.15) is 19.4 Å². The number of aromatic nitrogens is 2. The van der Waals surface area contributed by atoms with Gasteiger partial charge in [0.2, 0.25) is 0 Å². The van der Waals surface area contributed by atoms with Crippen molar-refractivity contribution < 1.29 is 9.57 Å². The molecule has 0 fully saturated rings. The second-order valence-corrected chi connectivity index (χ2v) is 7.15. The number of pyridine rings is 1. The standard InChI is InChI=1S/C23H20ClN3O2/c1-13(14(2)29-25-3)17-11-20-18(12-21(17)28-4)22-19(27-20)9-10-26-23(22)15-5-7-16(24)8-6-15/h5-12,27H,3H2,1-2,4H3/b14-13+. The maximum atomic E-state index is 6.06. The van der Waals surface area contributed by atoms with E-state index < -0.39 is 0 Å². The molecule has 2 aromatic heterocycles. The van der Waals surface area contributed by atoms with Gasteiger partial charge < -0.3 is 14.6 Å². The average molecular weight is 406 g/mol. The third kappa shape index (κ3) is 3.34. The van der Waals surface area contributed by atoms with Crippen molar-refractivity contribution in [3.05, 3.63) is 65.0 Å². The van der Waals surface area contributed by atoms with Crippen molar-refractivity contribution in [2.75, 3.05) is 7.11 Å². The number of rotatable bonds is 5. The second-order valence-electron chi connectivity index (χ2n) is 6.71. The Balaban J connectivity index is 2.00. The van der Waals surface area contributed by atoms with Crippen LogP contribution >= 0.6 is 11.6 Å². The molecule has 0 saturated heterocycles. The summed E-state index contributed by atoms with van der Waals surface area (Å²) >= 11 is 6.06. The summed E-state index contributed by atoms with van der Waals surface area (Å²) < 4.78 is 5.69. The van der Waals surface area contributed by atoms with Gasteiger partial charge in [-0.1, -0.05) is 28.9 Å². The number of allylic oxidation sites excluding steroid dienone is 2. The molecule has 4 aromatic rings. The number of nitrogens with one attached hydrogen (secondary N) is 1. The van der Waals surface area contributed by atoms with E-state index in [9.17, 15) is 0 Å². The molecule has 4 rings (SSSR count). The van der Waals surface area contributed by atoms with E-state index in [2.05, 4.69) is 27.9 Å². The molecule has 2 aromatic carbocycles. The zero-order valence-corrected chi connectivity index (χ0v) is 17.2. The van der Waals surface area contributed by atoms with Crippen LogP contribution in [0.15, 0.2) is 59.6 Å². The molecular weight excluding hydrogens is 386 g/mol. The van der Waals surface area contributed by atoms with Gasteiger partial charge in [-0.05, 0) is 44.2 Å². The van der Waals surface area contributed by atoms with Crippen LogP contribution in [-0.4, -0.2) is 23.8 Å². The van der Waals surface area contributed by atoms with Crippen molar-refractivity contribution in [3.8, 4) is 17.0 Å². The van der Waals surface area contributed by atoms with Gasteiger partial charge in [0.1, 0.15) is 11.5 Å². The number of benzene rings is 2. The maximum absolute atomic E-state index is 6.06. The molecule has 0 bridgehead atoms. The first-order valence-corrected chi connectivity index (χ1v) is 9.46. The highest BCUT2D eigenvalue weighted by Gasteiger charge is 2.16. The van der Waals surface area contributed by atoms with Gasteiger partial charge in [0.15, 0.2) is 0 Å². The van der Waals surface area contributed by atoms with Crippen molar-refractivity contribution in [2.24, 2.45) is 5.16 Å². The van der Waals surface area contributed by atoms with Gasteiger partial charge >= 0.3 is 0 Å². The van der Waals surface area contributed by atoms with Crippen LogP contribution < -0.4 is 4.74 Å². The van der Waals surface area contributed by atoms with Gasteiger partial charge in [0.05, 0.1) is 18.3 Å². The SMILES string of the molecule is C=NO/C(C)=C(\C)c1cc2[nH]c3ccnc(-c4ccc(Cl)cc4)c3c2cc1OC. The van der Waals surface area contributed by atoms with Gasteiger partial charge in [-0.3, -0.25) is 4.98 Å². The largest absolute Gasteiger partial charge is 0.496 e. The van der Waals surface area contributed by atoms with Gasteiger partial charge in [-0.25, -0.2) is 0 Å². The predicted molar refractivity (Wildman–Crippen MR) is 119 cm³/mol. The van der Waals surface area contributed by atoms with Crippen LogP contribution in [0.4, 0.5) is 0 Å². The average Bonchev–Trinajstić information content (AvgIpc) is 3.10. The summed E-state index contributed by atoms with van der Waals surface area (Å²) in [6.07, 6.45) is 1.80. The molecule has 2 heterocycles. The Morgan fingerprint density at radius 3 is 2.55 bits per heavy atom. The highest BCUT2D eigenvalue weighted by atomic mass is 35.5. The Bertz CT molecular complexity index is 1260. The lowest BCUT2D eigenvalue weighted by Gasteiger charge is -2.12. The molecule has 0 aliphatic heterocycles. The Kier molecular flexibility index (Phi) is 4.99. The van der Waals surface area contributed by atoms with Crippen molar-refractivity contribution in [1.82, 2.24) is 9.97 Å². The fourth-order valence-corrected chi connectivity index (χ4v) is 3.64. The summed E-state index contributed by atoms with van der Waals surface area (Å²) in [7, 11) is 1.66. The predicted octanol–water partition coefficient (Wildman–Crippen LogP) is 6.43. The quantitative estimate of drug-likeness (QED) is 0.236. The zero-order chi connectivity index (χ0) is 20.5. The number of hydrogen-bond acceptors (Lipinski definition) is 4. The topological polar surface area (TPSA) is 59.5 Å². The van der Waals surface area contributed by atoms with Crippen molar-refractivity contribution in [2.45, 2.75) is 13.8 Å². The molecule has 0 amide bonds. The first-order chi connectivity index (χ1) is 14.0. The molecule has 0 unspecified atom stereocenters. The van der Waals surface area contributed by atoms with Crippen molar-refractivity contribution in [3.63, 3.8) is 0 Å². The monoisotopic (exact) mass is 405 g/mol. The molecule has 0 spiro atoms. The highest BCUT2D eigenvalue weighted by Crippen LogP contribution is 2.38. The molecule has 0 saturated carbocycles. The summed E-state index contributed by atoms with van der Waals surface area (Å²) in [4.78, 5) is 13.4. The Labute approximate surface area is 173 Å². The van der Waals surface area contributed by atoms with E-state index in [0.29, 0.717) is 10.8 Å². The summed E-state index contributed by atoms with van der Waals surface area (Å²) in [6, 6.07) is 13.8. The number of halogens is 1. The fourth-order valence-electron chi connectivity index (χ4n) is 3.52. The summed E-state index contributed by atoms with van der Waals surface area (Å²) in [5.74, 6) is 1.41. The molecular formula is C23H20ClN3O2. The lowest BCUT2D eigenvalue weighted by atomic mass is 10.0. The molecule has 29 heavy (non-hydrogen) atoms. The summed E-state index contributed by atoms with van der Waals surface area (Å²) in [5.41, 5.74) is 5.72. The first kappa shape index (κ1) is 19.0. The lowest BCUT2D eigenvalue weighted by molar-refractivity contribution is 0.234. The maximum Gasteiger partial charge on any atom is 0.135 e. The molecule has 0 aliphatic rings. The normalized spacial score (nSPS) is 12.1. The number of fused-ring (bicyclic) bond motifs is 3.